The van der Waals surface area contributed by atoms with Gasteiger partial charge in [0.15, 0.2) is 0 Å². The number of hydrogen-bond acceptors (Lipinski definition) is 2. The van der Waals surface area contributed by atoms with E-state index in [1.807, 2.05) is 0 Å². The fourth-order valence-corrected chi connectivity index (χ4v) is 4.44. The van der Waals surface area contributed by atoms with E-state index in [0.717, 1.165) is 19.6 Å². The largest absolute Gasteiger partial charge is 0.314 e. The lowest BCUT2D eigenvalue weighted by molar-refractivity contribution is 0.332. The van der Waals surface area contributed by atoms with Crippen molar-refractivity contribution in [3.63, 3.8) is 0 Å². The number of benzene rings is 3. The van der Waals surface area contributed by atoms with Gasteiger partial charge in [0.2, 0.25) is 0 Å². The molecule has 2 nitrogen and oxygen atoms in total. The lowest BCUT2D eigenvalue weighted by Crippen LogP contribution is -2.59. The fourth-order valence-electron chi connectivity index (χ4n) is 4.44. The summed E-state index contributed by atoms with van der Waals surface area (Å²) >= 11 is 0. The molecule has 0 aliphatic carbocycles. The van der Waals surface area contributed by atoms with E-state index >= 15 is 0 Å². The molecular formula is C24H26N2. The van der Waals surface area contributed by atoms with Crippen LogP contribution in [0.5, 0.6) is 0 Å². The second kappa shape index (κ2) is 7.45. The smallest absolute Gasteiger partial charge is 0.0619 e. The van der Waals surface area contributed by atoms with Crippen LogP contribution in [0, 0.1) is 6.92 Å². The fraction of sp³-hybridized carbons (Fsp3) is 0.250. The Morgan fingerprint density at radius 1 is 0.731 bits per heavy atom. The van der Waals surface area contributed by atoms with Gasteiger partial charge in [-0.25, -0.2) is 0 Å². The lowest BCUT2D eigenvalue weighted by atomic mass is 9.63. The van der Waals surface area contributed by atoms with Gasteiger partial charge >= 0.3 is 0 Å². The number of hydrogen-bond donors (Lipinski definition) is 2. The molecule has 132 valence electrons. The van der Waals surface area contributed by atoms with E-state index in [2.05, 4.69) is 102 Å². The molecule has 3 aromatic rings. The third kappa shape index (κ3) is 2.86. The molecule has 3 aromatic carbocycles. The van der Waals surface area contributed by atoms with Crippen molar-refractivity contribution in [2.45, 2.75) is 18.4 Å². The van der Waals surface area contributed by atoms with Crippen LogP contribution in [0.1, 0.15) is 22.3 Å². The van der Waals surface area contributed by atoms with E-state index in [9.17, 15) is 0 Å². The van der Waals surface area contributed by atoms with E-state index in [1.54, 1.807) is 0 Å². The number of nitrogens with one attached hydrogen (secondary N) is 2. The van der Waals surface area contributed by atoms with Crippen molar-refractivity contribution in [1.82, 2.24) is 10.6 Å². The van der Waals surface area contributed by atoms with Crippen LogP contribution in [-0.2, 0) is 5.41 Å². The maximum Gasteiger partial charge on any atom is 0.0619 e. The third-order valence-electron chi connectivity index (χ3n) is 5.59. The molecule has 1 saturated heterocycles. The first-order chi connectivity index (χ1) is 12.8. The molecule has 1 atom stereocenters. The molecule has 1 heterocycles. The Morgan fingerprint density at radius 2 is 1.31 bits per heavy atom. The second-order valence-electron chi connectivity index (χ2n) is 7.07. The number of piperazine rings is 1. The summed E-state index contributed by atoms with van der Waals surface area (Å²) in [6, 6.07) is 31.0. The maximum absolute atomic E-state index is 3.82. The first kappa shape index (κ1) is 17.0. The van der Waals surface area contributed by atoms with Crippen molar-refractivity contribution in [3.8, 4) is 0 Å². The number of aryl methyl sites for hydroxylation is 1. The van der Waals surface area contributed by atoms with Crippen molar-refractivity contribution >= 4 is 0 Å². The molecule has 2 N–H and O–H groups in total. The Kier molecular flexibility index (Phi) is 4.87. The zero-order chi connectivity index (χ0) is 17.8. The summed E-state index contributed by atoms with van der Waals surface area (Å²) in [7, 11) is 0. The van der Waals surface area contributed by atoms with Crippen molar-refractivity contribution in [3.05, 3.63) is 107 Å². The minimum absolute atomic E-state index is 0.235. The Hall–Kier alpha value is -2.42. The predicted molar refractivity (Wildman–Crippen MR) is 109 cm³/mol. The average Bonchev–Trinajstić information content (AvgIpc) is 2.72. The normalized spacial score (nSPS) is 17.8. The van der Waals surface area contributed by atoms with Gasteiger partial charge in [0, 0.05) is 25.7 Å². The van der Waals surface area contributed by atoms with Gasteiger partial charge in [-0.3, -0.25) is 0 Å². The monoisotopic (exact) mass is 342 g/mol. The molecule has 1 aliphatic rings. The average molecular weight is 342 g/mol. The van der Waals surface area contributed by atoms with Gasteiger partial charge in [0.25, 0.3) is 0 Å². The second-order valence-corrected chi connectivity index (χ2v) is 7.07. The molecule has 0 unspecified atom stereocenters. The highest BCUT2D eigenvalue weighted by Gasteiger charge is 2.44. The quantitative estimate of drug-likeness (QED) is 0.703. The summed E-state index contributed by atoms with van der Waals surface area (Å²) in [5.41, 5.74) is 5.14. The molecule has 4 rings (SSSR count). The van der Waals surface area contributed by atoms with E-state index in [-0.39, 0.29) is 11.5 Å². The molecule has 0 saturated carbocycles. The highest BCUT2D eigenvalue weighted by Crippen LogP contribution is 2.43. The molecular weight excluding hydrogens is 316 g/mol. The highest BCUT2D eigenvalue weighted by atomic mass is 15.1. The van der Waals surface area contributed by atoms with E-state index in [0.29, 0.717) is 0 Å². The van der Waals surface area contributed by atoms with E-state index in [1.165, 1.54) is 22.3 Å². The van der Waals surface area contributed by atoms with Gasteiger partial charge in [-0.2, -0.15) is 0 Å². The zero-order valence-electron chi connectivity index (χ0n) is 15.3. The standard InChI is InChI=1S/C24H26N2/c1-19-10-8-9-15-22(19)24(20-11-4-2-5-12-20,21-13-6-3-7-14-21)23-18-25-16-17-26-23/h2-15,23,25-26H,16-18H2,1H3/t23-/m1/s1. The van der Waals surface area contributed by atoms with Crippen LogP contribution in [0.4, 0.5) is 0 Å². The summed E-state index contributed by atoms with van der Waals surface area (Å²) in [6.07, 6.45) is 0. The van der Waals surface area contributed by atoms with Crippen molar-refractivity contribution in [2.24, 2.45) is 0 Å². The van der Waals surface area contributed by atoms with Gasteiger partial charge in [-0.05, 0) is 29.2 Å². The van der Waals surface area contributed by atoms with Crippen LogP contribution in [0.3, 0.4) is 0 Å². The first-order valence-corrected chi connectivity index (χ1v) is 9.44. The van der Waals surface area contributed by atoms with Crippen molar-refractivity contribution < 1.29 is 0 Å². The van der Waals surface area contributed by atoms with Crippen LogP contribution >= 0.6 is 0 Å². The third-order valence-corrected chi connectivity index (χ3v) is 5.59. The van der Waals surface area contributed by atoms with Gasteiger partial charge < -0.3 is 10.6 Å². The van der Waals surface area contributed by atoms with Gasteiger partial charge in [-0.1, -0.05) is 84.9 Å². The summed E-state index contributed by atoms with van der Waals surface area (Å²) in [6.45, 7) is 5.17. The van der Waals surface area contributed by atoms with E-state index < -0.39 is 0 Å². The SMILES string of the molecule is Cc1ccccc1C(c1ccccc1)(c1ccccc1)[C@H]1CNCCN1. The topological polar surface area (TPSA) is 24.1 Å². The Bertz CT molecular complexity index is 797. The summed E-state index contributed by atoms with van der Waals surface area (Å²) < 4.78 is 0. The van der Waals surface area contributed by atoms with Gasteiger partial charge in [0.1, 0.15) is 0 Å². The molecule has 26 heavy (non-hydrogen) atoms. The number of rotatable bonds is 4. The van der Waals surface area contributed by atoms with Crippen LogP contribution in [0.15, 0.2) is 84.9 Å². The molecule has 0 radical (unpaired) electrons. The summed E-state index contributed by atoms with van der Waals surface area (Å²) in [4.78, 5) is 0. The Labute approximate surface area is 156 Å². The summed E-state index contributed by atoms with van der Waals surface area (Å²) in [5, 5.41) is 7.43. The lowest BCUT2D eigenvalue weighted by Gasteiger charge is -2.45. The molecule has 0 bridgehead atoms. The van der Waals surface area contributed by atoms with E-state index in [4.69, 9.17) is 0 Å². The molecule has 0 aromatic heterocycles. The zero-order valence-corrected chi connectivity index (χ0v) is 15.3. The molecule has 2 heteroatoms. The van der Waals surface area contributed by atoms with Crippen molar-refractivity contribution in [2.75, 3.05) is 19.6 Å². The molecule has 0 spiro atoms. The molecule has 1 aliphatic heterocycles. The van der Waals surface area contributed by atoms with Crippen LogP contribution in [0.2, 0.25) is 0 Å². The predicted octanol–water partition coefficient (Wildman–Crippen LogP) is 3.89. The molecule has 1 fully saturated rings. The van der Waals surface area contributed by atoms with Gasteiger partial charge in [-0.15, -0.1) is 0 Å². The molecule has 0 amide bonds. The van der Waals surface area contributed by atoms with Crippen LogP contribution < -0.4 is 10.6 Å². The van der Waals surface area contributed by atoms with Crippen molar-refractivity contribution in [1.29, 1.82) is 0 Å². The summed E-state index contributed by atoms with van der Waals surface area (Å²) in [5.74, 6) is 0. The highest BCUT2D eigenvalue weighted by molar-refractivity contribution is 5.55. The van der Waals surface area contributed by atoms with Crippen LogP contribution in [-0.4, -0.2) is 25.7 Å². The van der Waals surface area contributed by atoms with Crippen LogP contribution in [0.25, 0.3) is 0 Å². The first-order valence-electron chi connectivity index (χ1n) is 9.44. The minimum atomic E-state index is -0.235. The minimum Gasteiger partial charge on any atom is -0.314 e. The Morgan fingerprint density at radius 3 is 1.85 bits per heavy atom. The van der Waals surface area contributed by atoms with Gasteiger partial charge in [0.05, 0.1) is 5.41 Å². The maximum atomic E-state index is 3.82. The Balaban J connectivity index is 2.05.